The van der Waals surface area contributed by atoms with E-state index in [4.69, 9.17) is 4.74 Å². The Labute approximate surface area is 120 Å². The molecule has 0 saturated heterocycles. The van der Waals surface area contributed by atoms with Crippen molar-refractivity contribution in [2.24, 2.45) is 0 Å². The molecule has 0 aromatic heterocycles. The van der Waals surface area contributed by atoms with Crippen molar-refractivity contribution in [2.75, 3.05) is 13.7 Å². The normalized spacial score (nSPS) is 24.4. The molecule has 2 aromatic rings. The number of aliphatic hydroxyl groups is 1. The van der Waals surface area contributed by atoms with Crippen LogP contribution in [0.4, 0.5) is 0 Å². The first-order valence-electron chi connectivity index (χ1n) is 7.10. The third-order valence-corrected chi connectivity index (χ3v) is 4.50. The van der Waals surface area contributed by atoms with E-state index < -0.39 is 0 Å². The molecule has 2 aromatic carbocycles. The van der Waals surface area contributed by atoms with Gasteiger partial charge in [0.25, 0.3) is 0 Å². The van der Waals surface area contributed by atoms with E-state index in [-0.39, 0.29) is 12.0 Å². The zero-order chi connectivity index (χ0) is 14.0. The summed E-state index contributed by atoms with van der Waals surface area (Å²) in [6.07, 6.45) is 1.94. The van der Waals surface area contributed by atoms with Crippen LogP contribution < -0.4 is 4.74 Å². The lowest BCUT2D eigenvalue weighted by atomic mass is 9.88. The van der Waals surface area contributed by atoms with E-state index in [0.29, 0.717) is 5.92 Å². The molecule has 20 heavy (non-hydrogen) atoms. The van der Waals surface area contributed by atoms with Crippen LogP contribution in [0.2, 0.25) is 0 Å². The maximum atomic E-state index is 9.43. The summed E-state index contributed by atoms with van der Waals surface area (Å²) in [5.41, 5.74) is 2.79. The second-order valence-corrected chi connectivity index (χ2v) is 5.53. The van der Waals surface area contributed by atoms with Gasteiger partial charge < -0.3 is 9.84 Å². The molecule has 2 unspecified atom stereocenters. The number of ether oxygens (including phenoxy) is 1. The molecule has 1 saturated carbocycles. The Bertz CT molecular complexity index is 562. The fourth-order valence-electron chi connectivity index (χ4n) is 3.29. The summed E-state index contributed by atoms with van der Waals surface area (Å²) in [6, 6.07) is 18.9. The van der Waals surface area contributed by atoms with Gasteiger partial charge in [-0.25, -0.2) is 0 Å². The second kappa shape index (κ2) is 5.29. The Morgan fingerprint density at radius 3 is 2.40 bits per heavy atom. The van der Waals surface area contributed by atoms with Crippen LogP contribution in [-0.4, -0.2) is 18.8 Å². The molecule has 104 valence electrons. The topological polar surface area (TPSA) is 29.5 Å². The highest BCUT2D eigenvalue weighted by molar-refractivity contribution is 5.44. The molecule has 3 rings (SSSR count). The van der Waals surface area contributed by atoms with Crippen molar-refractivity contribution in [1.82, 2.24) is 0 Å². The maximum Gasteiger partial charge on any atom is 0.118 e. The average Bonchev–Trinajstić information content (AvgIpc) is 3.24. The Kier molecular flexibility index (Phi) is 3.49. The SMILES string of the molecule is COc1ccc(C2CC2(CCO)c2ccccc2)cc1. The summed E-state index contributed by atoms with van der Waals surface area (Å²) < 4.78 is 5.21. The number of methoxy groups -OCH3 is 1. The molecule has 2 heteroatoms. The van der Waals surface area contributed by atoms with Crippen LogP contribution in [0.15, 0.2) is 54.6 Å². The van der Waals surface area contributed by atoms with Gasteiger partial charge in [0.15, 0.2) is 0 Å². The summed E-state index contributed by atoms with van der Waals surface area (Å²) >= 11 is 0. The monoisotopic (exact) mass is 268 g/mol. The molecule has 0 spiro atoms. The van der Waals surface area contributed by atoms with Crippen molar-refractivity contribution in [1.29, 1.82) is 0 Å². The number of hydrogen-bond donors (Lipinski definition) is 1. The molecule has 1 aliphatic carbocycles. The van der Waals surface area contributed by atoms with Gasteiger partial charge in [0.05, 0.1) is 7.11 Å². The first-order chi connectivity index (χ1) is 9.80. The van der Waals surface area contributed by atoms with Crippen LogP contribution in [0.1, 0.15) is 29.9 Å². The molecular weight excluding hydrogens is 248 g/mol. The van der Waals surface area contributed by atoms with Crippen molar-refractivity contribution in [2.45, 2.75) is 24.2 Å². The van der Waals surface area contributed by atoms with Gasteiger partial charge in [-0.05, 0) is 42.0 Å². The minimum Gasteiger partial charge on any atom is -0.497 e. The summed E-state index contributed by atoms with van der Waals surface area (Å²) in [5, 5.41) is 9.43. The Morgan fingerprint density at radius 2 is 1.80 bits per heavy atom. The summed E-state index contributed by atoms with van der Waals surface area (Å²) in [7, 11) is 1.69. The first kappa shape index (κ1) is 13.2. The van der Waals surface area contributed by atoms with Gasteiger partial charge in [0.2, 0.25) is 0 Å². The molecular formula is C18H20O2. The van der Waals surface area contributed by atoms with Crippen molar-refractivity contribution >= 4 is 0 Å². The standard InChI is InChI=1S/C18H20O2/c1-20-16-9-7-14(8-10-16)17-13-18(17,11-12-19)15-5-3-2-4-6-15/h2-10,17,19H,11-13H2,1H3. The van der Waals surface area contributed by atoms with E-state index in [1.807, 2.05) is 18.2 Å². The van der Waals surface area contributed by atoms with Crippen LogP contribution >= 0.6 is 0 Å². The minimum atomic E-state index is 0.116. The van der Waals surface area contributed by atoms with Gasteiger partial charge in [-0.2, -0.15) is 0 Å². The van der Waals surface area contributed by atoms with E-state index in [9.17, 15) is 5.11 Å². The Balaban J connectivity index is 1.88. The van der Waals surface area contributed by atoms with Gasteiger partial charge in [-0.3, -0.25) is 0 Å². The van der Waals surface area contributed by atoms with Crippen molar-refractivity contribution in [3.8, 4) is 5.75 Å². The van der Waals surface area contributed by atoms with E-state index in [1.54, 1.807) is 7.11 Å². The zero-order valence-corrected chi connectivity index (χ0v) is 11.8. The zero-order valence-electron chi connectivity index (χ0n) is 11.8. The van der Waals surface area contributed by atoms with E-state index >= 15 is 0 Å². The summed E-state index contributed by atoms with van der Waals surface area (Å²) in [6.45, 7) is 0.238. The second-order valence-electron chi connectivity index (χ2n) is 5.53. The highest BCUT2D eigenvalue weighted by atomic mass is 16.5. The van der Waals surface area contributed by atoms with Gasteiger partial charge in [-0.1, -0.05) is 42.5 Å². The number of aliphatic hydroxyl groups excluding tert-OH is 1. The Hall–Kier alpha value is -1.80. The quantitative estimate of drug-likeness (QED) is 0.899. The predicted octanol–water partition coefficient (Wildman–Crippen LogP) is 3.50. The third kappa shape index (κ3) is 2.20. The van der Waals surface area contributed by atoms with Gasteiger partial charge in [-0.15, -0.1) is 0 Å². The van der Waals surface area contributed by atoms with Crippen molar-refractivity contribution < 1.29 is 9.84 Å². The molecule has 0 amide bonds. The van der Waals surface area contributed by atoms with Crippen LogP contribution in [0.3, 0.4) is 0 Å². The lowest BCUT2D eigenvalue weighted by Crippen LogP contribution is -2.11. The highest BCUT2D eigenvalue weighted by Crippen LogP contribution is 2.62. The molecule has 0 heterocycles. The largest absolute Gasteiger partial charge is 0.497 e. The number of hydrogen-bond acceptors (Lipinski definition) is 2. The maximum absolute atomic E-state index is 9.43. The van der Waals surface area contributed by atoms with Crippen molar-refractivity contribution in [3.05, 3.63) is 65.7 Å². The molecule has 1 fully saturated rings. The highest BCUT2D eigenvalue weighted by Gasteiger charge is 2.54. The predicted molar refractivity (Wildman–Crippen MR) is 80.2 cm³/mol. The smallest absolute Gasteiger partial charge is 0.118 e. The lowest BCUT2D eigenvalue weighted by molar-refractivity contribution is 0.269. The van der Waals surface area contributed by atoms with Crippen molar-refractivity contribution in [3.63, 3.8) is 0 Å². The van der Waals surface area contributed by atoms with Crippen LogP contribution in [0, 0.1) is 0 Å². The van der Waals surface area contributed by atoms with Gasteiger partial charge in [0, 0.05) is 12.0 Å². The van der Waals surface area contributed by atoms with E-state index in [1.165, 1.54) is 11.1 Å². The molecule has 2 nitrogen and oxygen atoms in total. The van der Waals surface area contributed by atoms with E-state index in [2.05, 4.69) is 36.4 Å². The third-order valence-electron chi connectivity index (χ3n) is 4.50. The van der Waals surface area contributed by atoms with Crippen LogP contribution in [0.5, 0.6) is 5.75 Å². The molecule has 0 bridgehead atoms. The van der Waals surface area contributed by atoms with Crippen LogP contribution in [0.25, 0.3) is 0 Å². The van der Waals surface area contributed by atoms with E-state index in [0.717, 1.165) is 18.6 Å². The molecule has 1 N–H and O–H groups in total. The number of benzene rings is 2. The molecule has 0 aliphatic heterocycles. The minimum absolute atomic E-state index is 0.116. The fourth-order valence-corrected chi connectivity index (χ4v) is 3.29. The number of rotatable bonds is 5. The molecule has 2 atom stereocenters. The lowest BCUT2D eigenvalue weighted by Gasteiger charge is -2.17. The van der Waals surface area contributed by atoms with Gasteiger partial charge in [0.1, 0.15) is 5.75 Å². The summed E-state index contributed by atoms with van der Waals surface area (Å²) in [5.74, 6) is 1.39. The fraction of sp³-hybridized carbons (Fsp3) is 0.333. The molecule has 1 aliphatic rings. The Morgan fingerprint density at radius 1 is 1.10 bits per heavy atom. The summed E-state index contributed by atoms with van der Waals surface area (Å²) in [4.78, 5) is 0. The molecule has 0 radical (unpaired) electrons. The van der Waals surface area contributed by atoms with Gasteiger partial charge >= 0.3 is 0 Å². The first-order valence-corrected chi connectivity index (χ1v) is 7.10. The average molecular weight is 268 g/mol. The van der Waals surface area contributed by atoms with Crippen LogP contribution in [-0.2, 0) is 5.41 Å².